The van der Waals surface area contributed by atoms with E-state index in [0.717, 1.165) is 21.2 Å². The minimum atomic E-state index is -3.44. The molecule has 1 amide bonds. The van der Waals surface area contributed by atoms with E-state index in [1.165, 1.54) is 27.0 Å². The van der Waals surface area contributed by atoms with Crippen LogP contribution in [-0.4, -0.2) is 36.7 Å². The van der Waals surface area contributed by atoms with Crippen molar-refractivity contribution in [3.63, 3.8) is 0 Å². The molecule has 0 aliphatic carbocycles. The lowest BCUT2D eigenvalue weighted by Gasteiger charge is -2.29. The molecule has 0 spiro atoms. The maximum Gasteiger partial charge on any atom is 0.267 e. The molecule has 1 saturated heterocycles. The molecule has 6 nitrogen and oxygen atoms in total. The summed E-state index contributed by atoms with van der Waals surface area (Å²) in [5.41, 5.74) is 0.666. The Morgan fingerprint density at radius 2 is 1.86 bits per heavy atom. The minimum absolute atomic E-state index is 0.214. The number of nitrogens with one attached hydrogen (secondary N) is 1. The zero-order valence-electron chi connectivity index (χ0n) is 14.6. The summed E-state index contributed by atoms with van der Waals surface area (Å²) in [5, 5.41) is 4.32. The van der Waals surface area contributed by atoms with Crippen LogP contribution in [0.3, 0.4) is 0 Å². The average Bonchev–Trinajstić information content (AvgIpc) is 3.22. The van der Waals surface area contributed by atoms with Gasteiger partial charge in [0.1, 0.15) is 0 Å². The number of carbonyl (C=O) groups excluding carboxylic acids is 1. The van der Waals surface area contributed by atoms with Gasteiger partial charge in [-0.3, -0.25) is 10.1 Å². The molecule has 0 atom stereocenters. The molecular weight excluding hydrogens is 414 g/mol. The maximum atomic E-state index is 12.6. The molecule has 1 aliphatic rings. The van der Waals surface area contributed by atoms with Gasteiger partial charge >= 0.3 is 0 Å². The summed E-state index contributed by atoms with van der Waals surface area (Å²) in [6.07, 6.45) is 0.899. The fraction of sp³-hybridized carbons (Fsp3) is 0.158. The van der Waals surface area contributed by atoms with Gasteiger partial charge in [-0.05, 0) is 42.1 Å². The summed E-state index contributed by atoms with van der Waals surface area (Å²) in [5.74, 6) is -0.214. The van der Waals surface area contributed by atoms with E-state index in [4.69, 9.17) is 0 Å². The highest BCUT2D eigenvalue weighted by Gasteiger charge is 2.29. The zero-order chi connectivity index (χ0) is 19.3. The highest BCUT2D eigenvalue weighted by molar-refractivity contribution is 7.89. The number of thiazole rings is 1. The summed E-state index contributed by atoms with van der Waals surface area (Å²) in [6, 6.07) is 14.6. The summed E-state index contributed by atoms with van der Waals surface area (Å²) in [7, 11) is -3.44. The van der Waals surface area contributed by atoms with Crippen molar-refractivity contribution in [1.82, 2.24) is 9.29 Å². The molecule has 0 unspecified atom stereocenters. The van der Waals surface area contributed by atoms with Gasteiger partial charge in [0.05, 0.1) is 20.0 Å². The highest BCUT2D eigenvalue weighted by Crippen LogP contribution is 2.31. The molecule has 2 aromatic carbocycles. The molecule has 1 fully saturated rings. The predicted octanol–water partition coefficient (Wildman–Crippen LogP) is 4.16. The zero-order valence-corrected chi connectivity index (χ0v) is 17.0. The first kappa shape index (κ1) is 17.7. The molecule has 1 aliphatic heterocycles. The third kappa shape index (κ3) is 3.00. The molecule has 5 rings (SSSR count). The molecule has 142 valence electrons. The van der Waals surface area contributed by atoms with E-state index in [2.05, 4.69) is 10.3 Å². The SMILES string of the molecule is O=C(Nc1nc2ccc(S(=O)(=O)N3CCC3)cc2s1)c1cc2ccccc2s1. The molecule has 0 saturated carbocycles. The van der Waals surface area contributed by atoms with E-state index in [0.29, 0.717) is 28.6 Å². The van der Waals surface area contributed by atoms with Gasteiger partial charge in [-0.25, -0.2) is 13.4 Å². The second-order valence-electron chi connectivity index (χ2n) is 6.51. The first-order valence-corrected chi connectivity index (χ1v) is 11.8. The number of amides is 1. The summed E-state index contributed by atoms with van der Waals surface area (Å²) >= 11 is 2.70. The quantitative estimate of drug-likeness (QED) is 0.528. The second-order valence-corrected chi connectivity index (χ2v) is 10.6. The number of anilines is 1. The Kier molecular flexibility index (Phi) is 4.20. The number of thiophene rings is 1. The van der Waals surface area contributed by atoms with Gasteiger partial charge in [0, 0.05) is 17.8 Å². The summed E-state index contributed by atoms with van der Waals surface area (Å²) in [6.45, 7) is 1.14. The molecule has 28 heavy (non-hydrogen) atoms. The van der Waals surface area contributed by atoms with Crippen LogP contribution in [0.25, 0.3) is 20.3 Å². The largest absolute Gasteiger partial charge is 0.297 e. The Morgan fingerprint density at radius 1 is 1.04 bits per heavy atom. The Hall–Kier alpha value is -2.33. The monoisotopic (exact) mass is 429 g/mol. The minimum Gasteiger partial charge on any atom is -0.297 e. The van der Waals surface area contributed by atoms with Gasteiger partial charge in [0.15, 0.2) is 5.13 Å². The number of nitrogens with zero attached hydrogens (tertiary/aromatic N) is 2. The highest BCUT2D eigenvalue weighted by atomic mass is 32.2. The van der Waals surface area contributed by atoms with Crippen molar-refractivity contribution >= 4 is 64.0 Å². The van der Waals surface area contributed by atoms with Crippen LogP contribution < -0.4 is 5.32 Å². The van der Waals surface area contributed by atoms with Gasteiger partial charge in [0.2, 0.25) is 10.0 Å². The summed E-state index contributed by atoms with van der Waals surface area (Å²) < 4.78 is 28.4. The second kappa shape index (κ2) is 6.63. The Balaban J connectivity index is 1.42. The van der Waals surface area contributed by atoms with Gasteiger partial charge < -0.3 is 0 Å². The topological polar surface area (TPSA) is 79.4 Å². The lowest BCUT2D eigenvalue weighted by molar-refractivity contribution is 0.103. The lowest BCUT2D eigenvalue weighted by atomic mass is 10.2. The van der Waals surface area contributed by atoms with Crippen molar-refractivity contribution in [2.75, 3.05) is 18.4 Å². The fourth-order valence-corrected chi connectivity index (χ4v) is 6.52. The smallest absolute Gasteiger partial charge is 0.267 e. The number of sulfonamides is 1. The van der Waals surface area contributed by atoms with E-state index in [-0.39, 0.29) is 10.8 Å². The van der Waals surface area contributed by atoms with E-state index in [1.54, 1.807) is 18.2 Å². The molecule has 4 aromatic rings. The molecule has 0 bridgehead atoms. The first-order chi connectivity index (χ1) is 13.5. The average molecular weight is 430 g/mol. The van der Waals surface area contributed by atoms with Crippen molar-refractivity contribution < 1.29 is 13.2 Å². The van der Waals surface area contributed by atoms with Crippen LogP contribution in [0.2, 0.25) is 0 Å². The summed E-state index contributed by atoms with van der Waals surface area (Å²) in [4.78, 5) is 17.9. The molecule has 0 radical (unpaired) electrons. The Morgan fingerprint density at radius 3 is 2.61 bits per heavy atom. The van der Waals surface area contributed by atoms with Gasteiger partial charge in [0.25, 0.3) is 5.91 Å². The molecule has 2 aromatic heterocycles. The Labute approximate surface area is 169 Å². The number of benzene rings is 2. The van der Waals surface area contributed by atoms with Crippen LogP contribution in [0.1, 0.15) is 16.1 Å². The van der Waals surface area contributed by atoms with Crippen molar-refractivity contribution in [2.45, 2.75) is 11.3 Å². The van der Waals surface area contributed by atoms with Crippen LogP contribution in [0.15, 0.2) is 53.4 Å². The van der Waals surface area contributed by atoms with Crippen LogP contribution >= 0.6 is 22.7 Å². The predicted molar refractivity (Wildman–Crippen MR) is 113 cm³/mol. The third-order valence-electron chi connectivity index (χ3n) is 4.68. The molecule has 1 N–H and O–H groups in total. The van der Waals surface area contributed by atoms with E-state index < -0.39 is 10.0 Å². The Bertz CT molecular complexity index is 1290. The van der Waals surface area contributed by atoms with E-state index >= 15 is 0 Å². The molecule has 9 heteroatoms. The van der Waals surface area contributed by atoms with E-state index in [1.807, 2.05) is 30.3 Å². The third-order valence-corrected chi connectivity index (χ3v) is 8.63. The van der Waals surface area contributed by atoms with Crippen molar-refractivity contribution in [3.05, 3.63) is 53.4 Å². The number of carbonyl (C=O) groups is 1. The molecular formula is C19H15N3O3S3. The van der Waals surface area contributed by atoms with Crippen molar-refractivity contribution in [3.8, 4) is 0 Å². The van der Waals surface area contributed by atoms with Crippen molar-refractivity contribution in [1.29, 1.82) is 0 Å². The van der Waals surface area contributed by atoms with Gasteiger partial charge in [-0.1, -0.05) is 29.5 Å². The normalized spacial score (nSPS) is 15.0. The van der Waals surface area contributed by atoms with Crippen molar-refractivity contribution in [2.24, 2.45) is 0 Å². The van der Waals surface area contributed by atoms with E-state index in [9.17, 15) is 13.2 Å². The first-order valence-electron chi connectivity index (χ1n) is 8.71. The van der Waals surface area contributed by atoms with Crippen LogP contribution in [0.4, 0.5) is 5.13 Å². The van der Waals surface area contributed by atoms with Crippen LogP contribution in [0.5, 0.6) is 0 Å². The number of rotatable bonds is 4. The fourth-order valence-electron chi connectivity index (χ4n) is 3.05. The number of hydrogen-bond donors (Lipinski definition) is 1. The number of fused-ring (bicyclic) bond motifs is 2. The van der Waals surface area contributed by atoms with Gasteiger partial charge in [-0.2, -0.15) is 4.31 Å². The molecule has 3 heterocycles. The number of aromatic nitrogens is 1. The standard InChI is InChI=1S/C19H15N3O3S3/c23-18(17-10-12-4-1-2-5-15(12)26-17)21-19-20-14-7-6-13(11-16(14)27-19)28(24,25)22-8-3-9-22/h1-2,4-7,10-11H,3,8-9H2,(H,20,21,23). The number of hydrogen-bond acceptors (Lipinski definition) is 6. The lowest BCUT2D eigenvalue weighted by Crippen LogP contribution is -2.41. The van der Waals surface area contributed by atoms with Crippen LogP contribution in [0, 0.1) is 0 Å². The maximum absolute atomic E-state index is 12.6. The van der Waals surface area contributed by atoms with Gasteiger partial charge in [-0.15, -0.1) is 11.3 Å². The van der Waals surface area contributed by atoms with Crippen LogP contribution in [-0.2, 0) is 10.0 Å².